The highest BCUT2D eigenvalue weighted by atomic mass is 19.3. The molecule has 4 N–H and O–H groups in total. The van der Waals surface area contributed by atoms with Crippen molar-refractivity contribution in [2.75, 3.05) is 26.2 Å². The molecular formula is C33H33F2N7. The lowest BCUT2D eigenvalue weighted by atomic mass is 9.75. The Hall–Kier alpha value is -4.37. The number of hydrogen-bond donors (Lipinski definition) is 3. The Labute approximate surface area is 242 Å². The standard InChI is InChI=1S/C33H33F2N7/c1-32(25-3-2-9-37-16-25)19-38-17-30-27(32)14-29(39-30)31-26-13-23(6-7-28(26)40-41-31)24(15-36)12-22(11-21-4-5-21)18-42-10-8-33(34,35)20-42/h2-3,6-7,9,11-17,39H,4-5,8,10,18-20,36H2,1H3,(H,40,41)/b22-12+,24-15+. The van der Waals surface area contributed by atoms with E-state index in [-0.39, 0.29) is 18.4 Å². The van der Waals surface area contributed by atoms with Gasteiger partial charge in [0.2, 0.25) is 0 Å². The van der Waals surface area contributed by atoms with E-state index in [1.165, 1.54) is 5.57 Å². The largest absolute Gasteiger partial charge is 0.404 e. The van der Waals surface area contributed by atoms with Crippen LogP contribution in [-0.4, -0.2) is 63.4 Å². The Kier molecular flexibility index (Phi) is 6.42. The van der Waals surface area contributed by atoms with Crippen molar-refractivity contribution in [1.82, 2.24) is 25.1 Å². The minimum atomic E-state index is -2.62. The number of nitrogens with one attached hydrogen (secondary N) is 2. The second kappa shape index (κ2) is 10.2. The fraction of sp³-hybridized carbons (Fsp3) is 0.303. The van der Waals surface area contributed by atoms with E-state index < -0.39 is 5.92 Å². The highest BCUT2D eigenvalue weighted by molar-refractivity contribution is 5.96. The second-order valence-corrected chi connectivity index (χ2v) is 11.8. The van der Waals surface area contributed by atoms with Gasteiger partial charge >= 0.3 is 0 Å². The Balaban J connectivity index is 1.23. The van der Waals surface area contributed by atoms with Crippen LogP contribution in [-0.2, 0) is 5.41 Å². The number of aliphatic imine (C=N–C) groups is 1. The van der Waals surface area contributed by atoms with Crippen molar-refractivity contribution in [2.24, 2.45) is 10.7 Å². The van der Waals surface area contributed by atoms with E-state index in [4.69, 9.17) is 5.73 Å². The quantitative estimate of drug-likeness (QED) is 0.240. The van der Waals surface area contributed by atoms with E-state index in [0.29, 0.717) is 19.6 Å². The van der Waals surface area contributed by atoms with Crippen molar-refractivity contribution in [1.29, 1.82) is 0 Å². The first-order valence-electron chi connectivity index (χ1n) is 14.4. The maximum Gasteiger partial charge on any atom is 0.261 e. The van der Waals surface area contributed by atoms with Crippen LogP contribution in [0.15, 0.2) is 83.3 Å². The van der Waals surface area contributed by atoms with Crippen LogP contribution in [0, 0.1) is 0 Å². The zero-order valence-electron chi connectivity index (χ0n) is 23.5. The third-order valence-corrected chi connectivity index (χ3v) is 8.62. The van der Waals surface area contributed by atoms with Crippen LogP contribution in [0.2, 0.25) is 0 Å². The van der Waals surface area contributed by atoms with Gasteiger partial charge in [0.05, 0.1) is 30.0 Å². The van der Waals surface area contributed by atoms with Gasteiger partial charge in [0, 0.05) is 55.1 Å². The van der Waals surface area contributed by atoms with Gasteiger partial charge in [-0.25, -0.2) is 8.78 Å². The number of H-pyrrole nitrogens is 2. The van der Waals surface area contributed by atoms with Gasteiger partial charge in [-0.2, -0.15) is 5.10 Å². The molecule has 0 spiro atoms. The molecule has 0 amide bonds. The number of nitrogens with zero attached hydrogens (tertiary/aromatic N) is 4. The van der Waals surface area contributed by atoms with Crippen molar-refractivity contribution in [3.63, 3.8) is 0 Å². The maximum absolute atomic E-state index is 13.9. The van der Waals surface area contributed by atoms with Crippen molar-refractivity contribution >= 4 is 22.7 Å². The minimum absolute atomic E-state index is 0.0915. The molecule has 2 aliphatic heterocycles. The summed E-state index contributed by atoms with van der Waals surface area (Å²) >= 11 is 0. The third kappa shape index (κ3) is 4.98. The number of rotatable bonds is 7. The molecule has 1 saturated carbocycles. The summed E-state index contributed by atoms with van der Waals surface area (Å²) < 4.78 is 27.8. The molecule has 7 rings (SSSR count). The van der Waals surface area contributed by atoms with Crippen LogP contribution in [0.4, 0.5) is 8.78 Å². The van der Waals surface area contributed by atoms with Crippen molar-refractivity contribution in [3.05, 3.63) is 101 Å². The maximum atomic E-state index is 13.9. The van der Waals surface area contributed by atoms with Crippen LogP contribution >= 0.6 is 0 Å². The van der Waals surface area contributed by atoms with Crippen LogP contribution in [0.25, 0.3) is 27.9 Å². The smallest absolute Gasteiger partial charge is 0.261 e. The van der Waals surface area contributed by atoms with Gasteiger partial charge in [-0.05, 0) is 77.9 Å². The molecule has 1 aromatic carbocycles. The number of likely N-dealkylation sites (tertiary alicyclic amines) is 1. The molecule has 9 heteroatoms. The fourth-order valence-electron chi connectivity index (χ4n) is 6.14. The third-order valence-electron chi connectivity index (χ3n) is 8.62. The molecule has 4 aromatic rings. The number of nitrogens with two attached hydrogens (primary N) is 1. The number of pyridine rings is 1. The number of fused-ring (bicyclic) bond motifs is 2. The lowest BCUT2D eigenvalue weighted by Crippen LogP contribution is -2.30. The average Bonchev–Trinajstić information content (AvgIpc) is 3.36. The molecule has 1 saturated heterocycles. The van der Waals surface area contributed by atoms with Gasteiger partial charge in [-0.1, -0.05) is 23.8 Å². The summed E-state index contributed by atoms with van der Waals surface area (Å²) in [5.41, 5.74) is 15.8. The van der Waals surface area contributed by atoms with E-state index in [1.807, 2.05) is 41.6 Å². The van der Waals surface area contributed by atoms with E-state index in [1.54, 1.807) is 12.4 Å². The Bertz CT molecular complexity index is 1770. The molecule has 42 heavy (non-hydrogen) atoms. The van der Waals surface area contributed by atoms with Crippen LogP contribution in [0.3, 0.4) is 0 Å². The molecule has 1 atom stereocenters. The van der Waals surface area contributed by atoms with Crippen LogP contribution in [0.1, 0.15) is 48.6 Å². The molecular weight excluding hydrogens is 532 g/mol. The number of allylic oxidation sites excluding steroid dienone is 3. The number of hydrogen-bond acceptors (Lipinski definition) is 5. The molecule has 1 unspecified atom stereocenters. The lowest BCUT2D eigenvalue weighted by molar-refractivity contribution is 0.0131. The molecule has 1 aliphatic carbocycles. The van der Waals surface area contributed by atoms with E-state index in [9.17, 15) is 8.78 Å². The summed E-state index contributed by atoms with van der Waals surface area (Å²) in [5, 5.41) is 8.81. The Morgan fingerprint density at radius 3 is 2.81 bits per heavy atom. The summed E-state index contributed by atoms with van der Waals surface area (Å²) in [6.07, 6.45) is 13.4. The Morgan fingerprint density at radius 2 is 2.07 bits per heavy atom. The highest BCUT2D eigenvalue weighted by Crippen LogP contribution is 2.39. The van der Waals surface area contributed by atoms with E-state index in [2.05, 4.69) is 56.4 Å². The zero-order valence-corrected chi connectivity index (χ0v) is 23.5. The molecule has 7 nitrogen and oxygen atoms in total. The summed E-state index contributed by atoms with van der Waals surface area (Å²) in [4.78, 5) is 14.4. The van der Waals surface area contributed by atoms with Gasteiger partial charge in [0.15, 0.2) is 0 Å². The zero-order chi connectivity index (χ0) is 28.9. The summed E-state index contributed by atoms with van der Waals surface area (Å²) in [5.74, 6) is -2.62. The summed E-state index contributed by atoms with van der Waals surface area (Å²) in [6, 6.07) is 12.3. The van der Waals surface area contributed by atoms with Gasteiger partial charge in [-0.3, -0.25) is 20.0 Å². The SMILES string of the molecule is CC1(c2cccnc2)CN=Cc2[nH]c(-c3n[nH]c4ccc(C(/C=C(\C=C5CC5)CN5CCC(F)(F)C5)=C/N)cc34)cc21. The number of benzene rings is 1. The summed E-state index contributed by atoms with van der Waals surface area (Å²) in [7, 11) is 0. The lowest BCUT2D eigenvalue weighted by Gasteiger charge is -2.30. The first kappa shape index (κ1) is 26.5. The predicted octanol–water partition coefficient (Wildman–Crippen LogP) is 5.98. The van der Waals surface area contributed by atoms with Gasteiger partial charge in [0.1, 0.15) is 5.69 Å². The topological polar surface area (TPSA) is 99.0 Å². The molecule has 5 heterocycles. The molecule has 214 valence electrons. The van der Waals surface area contributed by atoms with E-state index in [0.717, 1.165) is 68.7 Å². The van der Waals surface area contributed by atoms with Crippen molar-refractivity contribution in [2.45, 2.75) is 37.5 Å². The van der Waals surface area contributed by atoms with Crippen molar-refractivity contribution < 1.29 is 8.78 Å². The summed E-state index contributed by atoms with van der Waals surface area (Å²) in [6.45, 7) is 3.49. The minimum Gasteiger partial charge on any atom is -0.404 e. The number of alkyl halides is 2. The monoisotopic (exact) mass is 565 g/mol. The van der Waals surface area contributed by atoms with Crippen LogP contribution < -0.4 is 5.73 Å². The second-order valence-electron chi connectivity index (χ2n) is 11.8. The number of aromatic amines is 2. The molecule has 0 radical (unpaired) electrons. The Morgan fingerprint density at radius 1 is 1.19 bits per heavy atom. The predicted molar refractivity (Wildman–Crippen MR) is 163 cm³/mol. The average molecular weight is 566 g/mol. The molecule has 3 aromatic heterocycles. The number of halogens is 2. The normalized spacial score (nSPS) is 22.1. The molecule has 0 bridgehead atoms. The first-order valence-corrected chi connectivity index (χ1v) is 14.4. The van der Waals surface area contributed by atoms with Crippen LogP contribution in [0.5, 0.6) is 0 Å². The van der Waals surface area contributed by atoms with E-state index >= 15 is 0 Å². The van der Waals surface area contributed by atoms with Crippen molar-refractivity contribution in [3.8, 4) is 11.4 Å². The highest BCUT2D eigenvalue weighted by Gasteiger charge is 2.38. The van der Waals surface area contributed by atoms with Gasteiger partial charge in [-0.15, -0.1) is 0 Å². The number of aromatic nitrogens is 4. The molecule has 2 fully saturated rings. The molecule has 3 aliphatic rings. The van der Waals surface area contributed by atoms with Gasteiger partial charge in [0.25, 0.3) is 5.92 Å². The fourth-order valence-corrected chi connectivity index (χ4v) is 6.14. The first-order chi connectivity index (χ1) is 20.3. The van der Waals surface area contributed by atoms with Gasteiger partial charge < -0.3 is 10.7 Å².